The molecule has 0 aliphatic carbocycles. The van der Waals surface area contributed by atoms with Gasteiger partial charge >= 0.3 is 0 Å². The van der Waals surface area contributed by atoms with E-state index in [0.717, 1.165) is 28.2 Å². The monoisotopic (exact) mass is 445 g/mol. The molecule has 1 aromatic heterocycles. The second-order valence-electron chi connectivity index (χ2n) is 7.10. The topological polar surface area (TPSA) is 110 Å². The van der Waals surface area contributed by atoms with Gasteiger partial charge in [0.1, 0.15) is 23.9 Å². The van der Waals surface area contributed by atoms with E-state index in [1.807, 2.05) is 55.5 Å². The Kier molecular flexibility index (Phi) is 6.84. The molecule has 168 valence electrons. The Morgan fingerprint density at radius 2 is 1.55 bits per heavy atom. The van der Waals surface area contributed by atoms with Gasteiger partial charge in [0, 0.05) is 11.1 Å². The van der Waals surface area contributed by atoms with Crippen LogP contribution in [-0.2, 0) is 11.4 Å². The molecule has 4 rings (SSSR count). The van der Waals surface area contributed by atoms with Gasteiger partial charge in [-0.05, 0) is 73.2 Å². The number of aromatic nitrogens is 2. The van der Waals surface area contributed by atoms with E-state index in [4.69, 9.17) is 24.5 Å². The minimum Gasteiger partial charge on any atom is -0.494 e. The molecule has 0 bridgehead atoms. The van der Waals surface area contributed by atoms with Crippen LogP contribution in [0.2, 0.25) is 0 Å². The number of hydrogen-bond donors (Lipinski definition) is 1. The van der Waals surface area contributed by atoms with E-state index in [2.05, 4.69) is 10.1 Å². The molecule has 0 aliphatic heterocycles. The molecular formula is C25H23N3O5. The third-order valence-electron chi connectivity index (χ3n) is 4.63. The average Bonchev–Trinajstić information content (AvgIpc) is 3.33. The van der Waals surface area contributed by atoms with Crippen LogP contribution >= 0.6 is 0 Å². The normalized spacial score (nSPS) is 10.6. The van der Waals surface area contributed by atoms with E-state index in [1.54, 1.807) is 24.3 Å². The summed E-state index contributed by atoms with van der Waals surface area (Å²) in [6, 6.07) is 22.3. The minimum atomic E-state index is -0.533. The van der Waals surface area contributed by atoms with E-state index in [1.165, 1.54) is 0 Å². The SMILES string of the molecule is CCOc1ccc(OCc2cccc(-c3nc(-c4ccc(OCC(N)=O)cc4)no3)c2)cc1. The molecule has 3 aromatic carbocycles. The summed E-state index contributed by atoms with van der Waals surface area (Å²) in [6.45, 7) is 2.80. The quantitative estimate of drug-likeness (QED) is 0.389. The summed E-state index contributed by atoms with van der Waals surface area (Å²) >= 11 is 0. The molecule has 0 atom stereocenters. The second kappa shape index (κ2) is 10.3. The largest absolute Gasteiger partial charge is 0.494 e. The van der Waals surface area contributed by atoms with E-state index in [0.29, 0.717) is 30.7 Å². The Morgan fingerprint density at radius 1 is 0.879 bits per heavy atom. The third kappa shape index (κ3) is 5.88. The van der Waals surface area contributed by atoms with Gasteiger partial charge in [-0.1, -0.05) is 17.3 Å². The number of hydrogen-bond acceptors (Lipinski definition) is 7. The molecule has 0 saturated carbocycles. The van der Waals surface area contributed by atoms with Crippen molar-refractivity contribution in [1.29, 1.82) is 0 Å². The fraction of sp³-hybridized carbons (Fsp3) is 0.160. The van der Waals surface area contributed by atoms with Crippen molar-refractivity contribution >= 4 is 5.91 Å². The summed E-state index contributed by atoms with van der Waals surface area (Å²) < 4.78 is 22.0. The fourth-order valence-electron chi connectivity index (χ4n) is 3.07. The van der Waals surface area contributed by atoms with Crippen molar-refractivity contribution in [3.05, 3.63) is 78.4 Å². The molecule has 0 unspecified atom stereocenters. The molecule has 0 radical (unpaired) electrons. The van der Waals surface area contributed by atoms with Gasteiger partial charge in [-0.3, -0.25) is 4.79 Å². The summed E-state index contributed by atoms with van der Waals surface area (Å²) in [6.07, 6.45) is 0. The molecule has 0 spiro atoms. The van der Waals surface area contributed by atoms with Gasteiger partial charge in [0.05, 0.1) is 6.61 Å². The standard InChI is InChI=1S/C25H23N3O5/c1-2-30-20-10-12-22(13-11-20)31-15-17-4-3-5-19(14-17)25-27-24(28-33-25)18-6-8-21(9-7-18)32-16-23(26)29/h3-14H,2,15-16H2,1H3,(H2,26,29). The van der Waals surface area contributed by atoms with Crippen LogP contribution in [0.5, 0.6) is 17.2 Å². The highest BCUT2D eigenvalue weighted by Crippen LogP contribution is 2.25. The lowest BCUT2D eigenvalue weighted by atomic mass is 10.1. The van der Waals surface area contributed by atoms with Crippen molar-refractivity contribution in [2.45, 2.75) is 13.5 Å². The number of nitrogens with two attached hydrogens (primary N) is 1. The molecule has 1 amide bonds. The first-order chi connectivity index (χ1) is 16.1. The summed E-state index contributed by atoms with van der Waals surface area (Å²) in [5, 5.41) is 4.07. The minimum absolute atomic E-state index is 0.176. The summed E-state index contributed by atoms with van der Waals surface area (Å²) in [5.74, 6) is 2.42. The number of carbonyl (C=O) groups excluding carboxylic acids is 1. The van der Waals surface area contributed by atoms with Crippen molar-refractivity contribution in [3.8, 4) is 40.1 Å². The summed E-state index contributed by atoms with van der Waals surface area (Å²) in [7, 11) is 0. The van der Waals surface area contributed by atoms with Gasteiger partial charge in [0.15, 0.2) is 6.61 Å². The van der Waals surface area contributed by atoms with Crippen LogP contribution in [0.1, 0.15) is 12.5 Å². The number of primary amides is 1. The molecule has 8 nitrogen and oxygen atoms in total. The van der Waals surface area contributed by atoms with Crippen LogP contribution in [0.25, 0.3) is 22.8 Å². The van der Waals surface area contributed by atoms with Gasteiger partial charge < -0.3 is 24.5 Å². The molecule has 2 N–H and O–H groups in total. The first-order valence-electron chi connectivity index (χ1n) is 10.4. The van der Waals surface area contributed by atoms with Crippen LogP contribution in [0, 0.1) is 0 Å². The third-order valence-corrected chi connectivity index (χ3v) is 4.63. The molecule has 0 aliphatic rings. The molecule has 0 saturated heterocycles. The van der Waals surface area contributed by atoms with Gasteiger partial charge in [-0.2, -0.15) is 4.98 Å². The number of rotatable bonds is 10. The fourth-order valence-corrected chi connectivity index (χ4v) is 3.07. The van der Waals surface area contributed by atoms with Crippen molar-refractivity contribution in [2.75, 3.05) is 13.2 Å². The number of ether oxygens (including phenoxy) is 3. The van der Waals surface area contributed by atoms with E-state index < -0.39 is 5.91 Å². The first-order valence-corrected chi connectivity index (χ1v) is 10.4. The van der Waals surface area contributed by atoms with Crippen LogP contribution in [0.3, 0.4) is 0 Å². The van der Waals surface area contributed by atoms with Crippen LogP contribution < -0.4 is 19.9 Å². The lowest BCUT2D eigenvalue weighted by molar-refractivity contribution is -0.119. The molecular weight excluding hydrogens is 422 g/mol. The van der Waals surface area contributed by atoms with Crippen molar-refractivity contribution in [1.82, 2.24) is 10.1 Å². The highest BCUT2D eigenvalue weighted by molar-refractivity contribution is 5.75. The Balaban J connectivity index is 1.41. The maximum absolute atomic E-state index is 10.8. The van der Waals surface area contributed by atoms with E-state index in [-0.39, 0.29) is 6.61 Å². The Labute approximate surface area is 190 Å². The Morgan fingerprint density at radius 3 is 2.24 bits per heavy atom. The highest BCUT2D eigenvalue weighted by Gasteiger charge is 2.12. The average molecular weight is 445 g/mol. The highest BCUT2D eigenvalue weighted by atomic mass is 16.5. The van der Waals surface area contributed by atoms with Crippen molar-refractivity contribution in [2.24, 2.45) is 5.73 Å². The summed E-state index contributed by atoms with van der Waals surface area (Å²) in [4.78, 5) is 15.3. The summed E-state index contributed by atoms with van der Waals surface area (Å²) in [5.41, 5.74) is 7.60. The zero-order chi connectivity index (χ0) is 23.0. The molecule has 4 aromatic rings. The van der Waals surface area contributed by atoms with Crippen LogP contribution in [0.15, 0.2) is 77.3 Å². The van der Waals surface area contributed by atoms with Crippen molar-refractivity contribution < 1.29 is 23.5 Å². The Bertz CT molecular complexity index is 1200. The van der Waals surface area contributed by atoms with Gasteiger partial charge in [-0.15, -0.1) is 0 Å². The van der Waals surface area contributed by atoms with Crippen LogP contribution in [0.4, 0.5) is 0 Å². The zero-order valence-electron chi connectivity index (χ0n) is 18.1. The lowest BCUT2D eigenvalue weighted by Gasteiger charge is -2.08. The number of benzene rings is 3. The lowest BCUT2D eigenvalue weighted by Crippen LogP contribution is -2.19. The van der Waals surface area contributed by atoms with E-state index >= 15 is 0 Å². The maximum Gasteiger partial charge on any atom is 0.258 e. The number of carbonyl (C=O) groups is 1. The predicted molar refractivity (Wildman–Crippen MR) is 122 cm³/mol. The Hall–Kier alpha value is -4.33. The first kappa shape index (κ1) is 21.9. The zero-order valence-corrected chi connectivity index (χ0v) is 18.1. The molecule has 8 heteroatoms. The molecule has 33 heavy (non-hydrogen) atoms. The van der Waals surface area contributed by atoms with Gasteiger partial charge in [0.25, 0.3) is 11.8 Å². The van der Waals surface area contributed by atoms with E-state index in [9.17, 15) is 4.79 Å². The predicted octanol–water partition coefficient (Wildman–Crippen LogP) is 4.25. The smallest absolute Gasteiger partial charge is 0.258 e. The second-order valence-corrected chi connectivity index (χ2v) is 7.10. The maximum atomic E-state index is 10.8. The van der Waals surface area contributed by atoms with Crippen molar-refractivity contribution in [3.63, 3.8) is 0 Å². The van der Waals surface area contributed by atoms with Gasteiger partial charge in [0.2, 0.25) is 5.82 Å². The molecule has 1 heterocycles. The molecule has 0 fully saturated rings. The van der Waals surface area contributed by atoms with Crippen LogP contribution in [-0.4, -0.2) is 29.3 Å². The number of amides is 1. The van der Waals surface area contributed by atoms with Gasteiger partial charge in [-0.25, -0.2) is 0 Å². The number of nitrogens with zero attached hydrogens (tertiary/aromatic N) is 2.